The van der Waals surface area contributed by atoms with Crippen LogP contribution in [0.1, 0.15) is 20.3 Å². The van der Waals surface area contributed by atoms with Gasteiger partial charge in [-0.05, 0) is 32.7 Å². The molecule has 13 heavy (non-hydrogen) atoms. The molecule has 0 bridgehead atoms. The molecule has 3 nitrogen and oxygen atoms in total. The van der Waals surface area contributed by atoms with Crippen molar-refractivity contribution in [2.75, 3.05) is 26.8 Å². The molecule has 0 saturated carbocycles. The summed E-state index contributed by atoms with van der Waals surface area (Å²) in [4.78, 5) is 2.49. The van der Waals surface area contributed by atoms with E-state index in [1.54, 1.807) is 7.11 Å². The molecule has 2 unspecified atom stereocenters. The van der Waals surface area contributed by atoms with Gasteiger partial charge < -0.3 is 15.4 Å². The van der Waals surface area contributed by atoms with Gasteiger partial charge in [-0.1, -0.05) is 0 Å². The van der Waals surface area contributed by atoms with E-state index < -0.39 is 0 Å². The molecule has 0 aliphatic carbocycles. The molecule has 3 heteroatoms. The number of rotatable bonds is 4. The zero-order valence-electron chi connectivity index (χ0n) is 8.99. The number of hydrogen-bond acceptors (Lipinski definition) is 3. The van der Waals surface area contributed by atoms with Gasteiger partial charge in [-0.25, -0.2) is 0 Å². The molecule has 1 aliphatic rings. The smallest absolute Gasteiger partial charge is 0.0616 e. The minimum Gasteiger partial charge on any atom is -0.383 e. The summed E-state index contributed by atoms with van der Waals surface area (Å²) >= 11 is 0. The molecule has 1 rings (SSSR count). The highest BCUT2D eigenvalue weighted by atomic mass is 16.5. The summed E-state index contributed by atoms with van der Waals surface area (Å²) in [6, 6.07) is 0.869. The predicted octanol–water partition coefficient (Wildman–Crippen LogP) is 0.690. The lowest BCUT2D eigenvalue weighted by atomic mass is 10.0. The highest BCUT2D eigenvalue weighted by Gasteiger charge is 2.28. The summed E-state index contributed by atoms with van der Waals surface area (Å²) < 4.78 is 5.07. The van der Waals surface area contributed by atoms with Crippen LogP contribution in [0.3, 0.4) is 0 Å². The first-order valence-electron chi connectivity index (χ1n) is 5.13. The lowest BCUT2D eigenvalue weighted by Crippen LogP contribution is -2.37. The summed E-state index contributed by atoms with van der Waals surface area (Å²) in [5, 5.41) is 0. The second-order valence-corrected chi connectivity index (χ2v) is 4.26. The van der Waals surface area contributed by atoms with E-state index in [1.165, 1.54) is 13.0 Å². The molecule has 2 atom stereocenters. The molecule has 0 radical (unpaired) electrons. The Morgan fingerprint density at radius 3 is 2.69 bits per heavy atom. The molecule has 78 valence electrons. The Morgan fingerprint density at radius 2 is 2.23 bits per heavy atom. The molecular weight excluding hydrogens is 164 g/mol. The van der Waals surface area contributed by atoms with Gasteiger partial charge in [0, 0.05) is 25.7 Å². The van der Waals surface area contributed by atoms with Crippen LogP contribution in [0.2, 0.25) is 0 Å². The van der Waals surface area contributed by atoms with Crippen molar-refractivity contribution in [1.82, 2.24) is 4.90 Å². The number of ether oxygens (including phenoxy) is 1. The van der Waals surface area contributed by atoms with Gasteiger partial charge in [0.1, 0.15) is 0 Å². The average molecular weight is 186 g/mol. The number of nitrogens with zero attached hydrogens (tertiary/aromatic N) is 1. The van der Waals surface area contributed by atoms with Crippen molar-refractivity contribution in [3.8, 4) is 0 Å². The summed E-state index contributed by atoms with van der Waals surface area (Å²) in [5.74, 6) is 0.627. The van der Waals surface area contributed by atoms with Crippen LogP contribution in [-0.4, -0.2) is 43.8 Å². The van der Waals surface area contributed by atoms with Gasteiger partial charge >= 0.3 is 0 Å². The number of hydrogen-bond donors (Lipinski definition) is 1. The Kier molecular flexibility index (Phi) is 4.16. The number of nitrogens with two attached hydrogens (primary N) is 1. The van der Waals surface area contributed by atoms with Gasteiger partial charge in [-0.15, -0.1) is 0 Å². The SMILES string of the molecule is COCC(N)C1CCN(C(C)C)C1. The summed E-state index contributed by atoms with van der Waals surface area (Å²) in [5.41, 5.74) is 6.00. The van der Waals surface area contributed by atoms with Crippen LogP contribution in [0.5, 0.6) is 0 Å². The Labute approximate surface area is 81.2 Å². The molecule has 0 spiro atoms. The fraction of sp³-hybridized carbons (Fsp3) is 1.00. The lowest BCUT2D eigenvalue weighted by Gasteiger charge is -2.22. The van der Waals surface area contributed by atoms with Gasteiger partial charge in [0.2, 0.25) is 0 Å². The maximum Gasteiger partial charge on any atom is 0.0616 e. The van der Waals surface area contributed by atoms with Crippen molar-refractivity contribution in [3.63, 3.8) is 0 Å². The second kappa shape index (κ2) is 4.94. The van der Waals surface area contributed by atoms with Crippen LogP contribution >= 0.6 is 0 Å². The highest BCUT2D eigenvalue weighted by molar-refractivity contribution is 4.84. The number of methoxy groups -OCH3 is 1. The van der Waals surface area contributed by atoms with Gasteiger partial charge in [0.25, 0.3) is 0 Å². The average Bonchev–Trinajstić information content (AvgIpc) is 2.52. The predicted molar refractivity (Wildman–Crippen MR) is 54.7 cm³/mol. The van der Waals surface area contributed by atoms with Crippen molar-refractivity contribution >= 4 is 0 Å². The van der Waals surface area contributed by atoms with Crippen LogP contribution in [0, 0.1) is 5.92 Å². The minimum atomic E-state index is 0.216. The van der Waals surface area contributed by atoms with Crippen LogP contribution in [-0.2, 0) is 4.74 Å². The largest absolute Gasteiger partial charge is 0.383 e. The third-order valence-corrected chi connectivity index (χ3v) is 2.95. The van der Waals surface area contributed by atoms with E-state index in [0.29, 0.717) is 18.6 Å². The fourth-order valence-electron chi connectivity index (χ4n) is 1.96. The van der Waals surface area contributed by atoms with Crippen molar-refractivity contribution in [2.45, 2.75) is 32.4 Å². The Morgan fingerprint density at radius 1 is 1.54 bits per heavy atom. The summed E-state index contributed by atoms with van der Waals surface area (Å²) in [6.45, 7) is 7.51. The first kappa shape index (κ1) is 11.0. The van der Waals surface area contributed by atoms with E-state index in [1.807, 2.05) is 0 Å². The van der Waals surface area contributed by atoms with Crippen LogP contribution in [0.25, 0.3) is 0 Å². The minimum absolute atomic E-state index is 0.216. The van der Waals surface area contributed by atoms with E-state index in [-0.39, 0.29) is 6.04 Å². The zero-order chi connectivity index (χ0) is 9.84. The Bertz CT molecular complexity index is 150. The third-order valence-electron chi connectivity index (χ3n) is 2.95. The first-order valence-corrected chi connectivity index (χ1v) is 5.13. The van der Waals surface area contributed by atoms with E-state index >= 15 is 0 Å². The molecule has 1 fully saturated rings. The zero-order valence-corrected chi connectivity index (χ0v) is 8.99. The standard InChI is InChI=1S/C10H22N2O/c1-8(2)12-5-4-9(6-12)10(11)7-13-3/h8-10H,4-7,11H2,1-3H3. The lowest BCUT2D eigenvalue weighted by molar-refractivity contribution is 0.155. The van der Waals surface area contributed by atoms with Gasteiger partial charge in [-0.2, -0.15) is 0 Å². The van der Waals surface area contributed by atoms with E-state index in [2.05, 4.69) is 18.7 Å². The van der Waals surface area contributed by atoms with Gasteiger partial charge in [0.05, 0.1) is 6.61 Å². The molecule has 1 aliphatic heterocycles. The molecule has 0 aromatic rings. The molecule has 2 N–H and O–H groups in total. The van der Waals surface area contributed by atoms with Crippen LogP contribution in [0.15, 0.2) is 0 Å². The van der Waals surface area contributed by atoms with E-state index in [9.17, 15) is 0 Å². The van der Waals surface area contributed by atoms with Crippen LogP contribution < -0.4 is 5.73 Å². The molecule has 1 heterocycles. The van der Waals surface area contributed by atoms with Gasteiger partial charge in [-0.3, -0.25) is 0 Å². The molecular formula is C10H22N2O. The van der Waals surface area contributed by atoms with Gasteiger partial charge in [0.15, 0.2) is 0 Å². The molecule has 0 aromatic carbocycles. The summed E-state index contributed by atoms with van der Waals surface area (Å²) in [6.07, 6.45) is 1.22. The highest BCUT2D eigenvalue weighted by Crippen LogP contribution is 2.20. The molecule has 0 amide bonds. The summed E-state index contributed by atoms with van der Waals surface area (Å²) in [7, 11) is 1.72. The third kappa shape index (κ3) is 2.93. The topological polar surface area (TPSA) is 38.5 Å². The van der Waals surface area contributed by atoms with Crippen molar-refractivity contribution in [3.05, 3.63) is 0 Å². The van der Waals surface area contributed by atoms with Crippen molar-refractivity contribution in [1.29, 1.82) is 0 Å². The quantitative estimate of drug-likeness (QED) is 0.702. The van der Waals surface area contributed by atoms with Crippen molar-refractivity contribution in [2.24, 2.45) is 11.7 Å². The monoisotopic (exact) mass is 186 g/mol. The molecule has 1 saturated heterocycles. The second-order valence-electron chi connectivity index (χ2n) is 4.26. The first-order chi connectivity index (χ1) is 6.15. The maximum atomic E-state index is 6.00. The van der Waals surface area contributed by atoms with E-state index in [4.69, 9.17) is 10.5 Å². The van der Waals surface area contributed by atoms with Crippen molar-refractivity contribution < 1.29 is 4.74 Å². The maximum absolute atomic E-state index is 6.00. The Balaban J connectivity index is 2.31. The van der Waals surface area contributed by atoms with E-state index in [0.717, 1.165) is 6.54 Å². The molecule has 0 aromatic heterocycles. The fourth-order valence-corrected chi connectivity index (χ4v) is 1.96. The number of likely N-dealkylation sites (tertiary alicyclic amines) is 1. The Hall–Kier alpha value is -0.120. The van der Waals surface area contributed by atoms with Crippen LogP contribution in [0.4, 0.5) is 0 Å². The normalized spacial score (nSPS) is 27.0.